The van der Waals surface area contributed by atoms with Gasteiger partial charge in [-0.25, -0.2) is 0 Å². The van der Waals surface area contributed by atoms with E-state index in [-0.39, 0.29) is 15.8 Å². The molecule has 1 N–H and O–H groups in total. The van der Waals surface area contributed by atoms with Crippen LogP contribution in [0.25, 0.3) is 0 Å². The third kappa shape index (κ3) is 2.64. The molecule has 20 heavy (non-hydrogen) atoms. The van der Waals surface area contributed by atoms with Crippen LogP contribution in [0.15, 0.2) is 12.1 Å². The summed E-state index contributed by atoms with van der Waals surface area (Å²) < 4.78 is 0. The van der Waals surface area contributed by atoms with Crippen molar-refractivity contribution in [1.82, 2.24) is 4.90 Å². The fourth-order valence-electron chi connectivity index (χ4n) is 2.44. The molecule has 0 bridgehead atoms. The number of piperidine rings is 1. The maximum absolute atomic E-state index is 12.3. The van der Waals surface area contributed by atoms with Crippen LogP contribution in [-0.4, -0.2) is 39.4 Å². The standard InChI is InChI=1S/C12H14N2O5S/c1-7-8(12(16)17)3-2-6-13(7)11(15)9-4-5-10(20-9)14(18)19/h4-5,7-8H,2-3,6H2,1H3,(H,16,17)/t7-,8-/m1/s1. The number of aliphatic carboxylic acids is 1. The number of hydrogen-bond donors (Lipinski definition) is 1. The van der Waals surface area contributed by atoms with Gasteiger partial charge in [-0.1, -0.05) is 11.3 Å². The molecule has 1 amide bonds. The Morgan fingerprint density at radius 2 is 2.20 bits per heavy atom. The summed E-state index contributed by atoms with van der Waals surface area (Å²) in [7, 11) is 0. The molecule has 1 aliphatic rings. The van der Waals surface area contributed by atoms with Crippen molar-refractivity contribution in [3.8, 4) is 0 Å². The van der Waals surface area contributed by atoms with E-state index in [0.29, 0.717) is 19.4 Å². The largest absolute Gasteiger partial charge is 0.481 e. The van der Waals surface area contributed by atoms with E-state index < -0.39 is 22.9 Å². The van der Waals surface area contributed by atoms with E-state index in [9.17, 15) is 19.7 Å². The summed E-state index contributed by atoms with van der Waals surface area (Å²) in [6, 6.07) is 2.30. The molecule has 1 aliphatic heterocycles. The summed E-state index contributed by atoms with van der Waals surface area (Å²) in [6.45, 7) is 2.19. The summed E-state index contributed by atoms with van der Waals surface area (Å²) in [5.74, 6) is -1.82. The van der Waals surface area contributed by atoms with Crippen LogP contribution in [0.2, 0.25) is 0 Å². The molecule has 0 unspecified atom stereocenters. The molecule has 0 saturated carbocycles. The van der Waals surface area contributed by atoms with Gasteiger partial charge in [0.05, 0.1) is 15.7 Å². The zero-order valence-electron chi connectivity index (χ0n) is 10.8. The third-order valence-corrected chi connectivity index (χ3v) is 4.57. The van der Waals surface area contributed by atoms with E-state index in [1.165, 1.54) is 17.0 Å². The predicted octanol–water partition coefficient (Wildman–Crippen LogP) is 1.98. The molecule has 0 spiro atoms. The summed E-state index contributed by atoms with van der Waals surface area (Å²) in [4.78, 5) is 35.3. The first-order chi connectivity index (χ1) is 9.41. The normalized spacial score (nSPS) is 22.6. The van der Waals surface area contributed by atoms with Crippen LogP contribution in [0.4, 0.5) is 5.00 Å². The molecule has 2 heterocycles. The number of carboxylic acids is 1. The predicted molar refractivity (Wildman–Crippen MR) is 71.8 cm³/mol. The summed E-state index contributed by atoms with van der Waals surface area (Å²) in [5.41, 5.74) is 0. The molecule has 1 saturated heterocycles. The lowest BCUT2D eigenvalue weighted by Crippen LogP contribution is -2.48. The highest BCUT2D eigenvalue weighted by Gasteiger charge is 2.36. The van der Waals surface area contributed by atoms with Gasteiger partial charge < -0.3 is 10.0 Å². The Bertz CT molecular complexity index is 556. The molecule has 2 rings (SSSR count). The van der Waals surface area contributed by atoms with E-state index >= 15 is 0 Å². The van der Waals surface area contributed by atoms with Gasteiger partial charge in [-0.3, -0.25) is 19.7 Å². The number of nitro groups is 1. The van der Waals surface area contributed by atoms with Gasteiger partial charge in [0.15, 0.2) is 0 Å². The highest BCUT2D eigenvalue weighted by molar-refractivity contribution is 7.17. The minimum Gasteiger partial charge on any atom is -0.481 e. The van der Waals surface area contributed by atoms with Crippen molar-refractivity contribution in [2.45, 2.75) is 25.8 Å². The van der Waals surface area contributed by atoms with Crippen molar-refractivity contribution < 1.29 is 19.6 Å². The van der Waals surface area contributed by atoms with Crippen molar-refractivity contribution in [3.05, 3.63) is 27.1 Å². The molecular weight excluding hydrogens is 284 g/mol. The molecule has 0 aromatic carbocycles. The number of likely N-dealkylation sites (tertiary alicyclic amines) is 1. The monoisotopic (exact) mass is 298 g/mol. The van der Waals surface area contributed by atoms with Crippen molar-refractivity contribution in [2.24, 2.45) is 5.92 Å². The SMILES string of the molecule is C[C@@H]1[C@H](C(=O)O)CCCN1C(=O)c1ccc([N+](=O)[O-])s1. The lowest BCUT2D eigenvalue weighted by Gasteiger charge is -2.37. The zero-order valence-corrected chi connectivity index (χ0v) is 11.6. The van der Waals surface area contributed by atoms with Crippen LogP contribution >= 0.6 is 11.3 Å². The minimum absolute atomic E-state index is 0.0900. The van der Waals surface area contributed by atoms with Gasteiger partial charge in [0.2, 0.25) is 0 Å². The molecule has 2 atom stereocenters. The summed E-state index contributed by atoms with van der Waals surface area (Å²) >= 11 is 0.817. The van der Waals surface area contributed by atoms with E-state index in [2.05, 4.69) is 0 Å². The maximum Gasteiger partial charge on any atom is 0.324 e. The van der Waals surface area contributed by atoms with Crippen LogP contribution in [0.3, 0.4) is 0 Å². The Morgan fingerprint density at radius 3 is 2.75 bits per heavy atom. The lowest BCUT2D eigenvalue weighted by molar-refractivity contribution is -0.380. The van der Waals surface area contributed by atoms with Crippen molar-refractivity contribution in [3.63, 3.8) is 0 Å². The van der Waals surface area contributed by atoms with Gasteiger partial charge in [0, 0.05) is 18.7 Å². The van der Waals surface area contributed by atoms with Crippen molar-refractivity contribution in [2.75, 3.05) is 6.54 Å². The summed E-state index contributed by atoms with van der Waals surface area (Å²) in [5, 5.41) is 19.7. The van der Waals surface area contributed by atoms with Crippen LogP contribution in [-0.2, 0) is 4.79 Å². The number of thiophene rings is 1. The highest BCUT2D eigenvalue weighted by atomic mass is 32.1. The number of nitrogens with zero attached hydrogens (tertiary/aromatic N) is 2. The van der Waals surface area contributed by atoms with Gasteiger partial charge >= 0.3 is 11.0 Å². The molecule has 7 nitrogen and oxygen atoms in total. The van der Waals surface area contributed by atoms with Crippen molar-refractivity contribution in [1.29, 1.82) is 0 Å². The number of carboxylic acid groups (broad SMARTS) is 1. The van der Waals surface area contributed by atoms with Gasteiger partial charge in [-0.15, -0.1) is 0 Å². The summed E-state index contributed by atoms with van der Waals surface area (Å²) in [6.07, 6.45) is 1.17. The van der Waals surface area contributed by atoms with E-state index in [1.54, 1.807) is 6.92 Å². The quantitative estimate of drug-likeness (QED) is 0.679. The van der Waals surface area contributed by atoms with Crippen LogP contribution in [0.1, 0.15) is 29.4 Å². The van der Waals surface area contributed by atoms with Gasteiger partial charge in [0.1, 0.15) is 0 Å². The first kappa shape index (κ1) is 14.4. The molecule has 0 aliphatic carbocycles. The van der Waals surface area contributed by atoms with Crippen LogP contribution < -0.4 is 0 Å². The fraction of sp³-hybridized carbons (Fsp3) is 0.500. The molecule has 1 aromatic heterocycles. The first-order valence-electron chi connectivity index (χ1n) is 6.20. The second-order valence-electron chi connectivity index (χ2n) is 4.72. The van der Waals surface area contributed by atoms with Gasteiger partial charge in [-0.2, -0.15) is 0 Å². The highest BCUT2D eigenvalue weighted by Crippen LogP contribution is 2.29. The average molecular weight is 298 g/mol. The zero-order chi connectivity index (χ0) is 14.9. The molecule has 1 fully saturated rings. The Kier molecular flexibility index (Phi) is 4.03. The fourth-order valence-corrected chi connectivity index (χ4v) is 3.22. The minimum atomic E-state index is -0.910. The second-order valence-corrected chi connectivity index (χ2v) is 5.78. The van der Waals surface area contributed by atoms with Gasteiger partial charge in [0.25, 0.3) is 5.91 Å². The lowest BCUT2D eigenvalue weighted by atomic mass is 9.90. The van der Waals surface area contributed by atoms with Crippen molar-refractivity contribution >= 4 is 28.2 Å². The molecule has 8 heteroatoms. The maximum atomic E-state index is 12.3. The number of hydrogen-bond acceptors (Lipinski definition) is 5. The Balaban J connectivity index is 2.18. The second kappa shape index (κ2) is 5.58. The third-order valence-electron chi connectivity index (χ3n) is 3.55. The van der Waals surface area contributed by atoms with E-state index in [1.807, 2.05) is 0 Å². The number of carbonyl (C=O) groups is 2. The topological polar surface area (TPSA) is 101 Å². The molecular formula is C12H14N2O5S. The Morgan fingerprint density at radius 1 is 1.50 bits per heavy atom. The van der Waals surface area contributed by atoms with E-state index in [4.69, 9.17) is 5.11 Å². The molecule has 108 valence electrons. The molecule has 0 radical (unpaired) electrons. The molecule has 1 aromatic rings. The number of amides is 1. The number of rotatable bonds is 3. The Labute approximate surface area is 119 Å². The average Bonchev–Trinajstić information content (AvgIpc) is 2.87. The Hall–Kier alpha value is -1.96. The smallest absolute Gasteiger partial charge is 0.324 e. The van der Waals surface area contributed by atoms with Gasteiger partial charge in [-0.05, 0) is 25.8 Å². The van der Waals surface area contributed by atoms with Crippen LogP contribution in [0.5, 0.6) is 0 Å². The van der Waals surface area contributed by atoms with Crippen LogP contribution in [0, 0.1) is 16.0 Å². The number of carbonyl (C=O) groups excluding carboxylic acids is 1. The first-order valence-corrected chi connectivity index (χ1v) is 7.01. The van der Waals surface area contributed by atoms with E-state index in [0.717, 1.165) is 11.3 Å².